The lowest BCUT2D eigenvalue weighted by atomic mass is 9.94. The zero-order chi connectivity index (χ0) is 26.7. The van der Waals surface area contributed by atoms with Crippen LogP contribution in [-0.2, 0) is 22.6 Å². The number of thioether (sulfide) groups is 1. The predicted octanol–water partition coefficient (Wildman–Crippen LogP) is 7.22. The van der Waals surface area contributed by atoms with Gasteiger partial charge in [-0.05, 0) is 55.2 Å². The second kappa shape index (κ2) is 14.4. The van der Waals surface area contributed by atoms with E-state index < -0.39 is 6.04 Å². The number of carbonyl (C=O) groups is 2. The van der Waals surface area contributed by atoms with E-state index in [1.807, 2.05) is 71.6 Å². The Kier molecular flexibility index (Phi) is 10.7. The molecule has 1 atom stereocenters. The Bertz CT molecular complexity index is 1180. The average molecular weight is 549 g/mol. The van der Waals surface area contributed by atoms with E-state index in [0.717, 1.165) is 47.3 Å². The Morgan fingerprint density at radius 3 is 2.37 bits per heavy atom. The molecule has 0 heterocycles. The molecule has 200 valence electrons. The Balaban J connectivity index is 1.56. The van der Waals surface area contributed by atoms with Gasteiger partial charge in [0.05, 0.1) is 0 Å². The summed E-state index contributed by atoms with van der Waals surface area (Å²) in [4.78, 5) is 30.5. The van der Waals surface area contributed by atoms with Crippen LogP contribution < -0.4 is 5.32 Å². The molecule has 0 bridgehead atoms. The quantitative estimate of drug-likeness (QED) is 0.257. The fraction of sp³-hybridized carbons (Fsp3) is 0.375. The Labute approximate surface area is 236 Å². The lowest BCUT2D eigenvalue weighted by Crippen LogP contribution is -2.52. The standard InChI is InChI=1S/C32H37ClN2O2S/c1-24-9-8-12-26(21-24)23-35(31(36)19-20-38-29-17-15-27(33)16-18-29)30(22-25-10-4-2-5-11-25)32(37)34-28-13-6-3-7-14-28/h2,4-5,8-12,15-18,21,28,30H,3,6-7,13-14,19-20,22-23H2,1H3,(H,34,37). The molecule has 0 spiro atoms. The molecule has 1 unspecified atom stereocenters. The molecular weight excluding hydrogens is 512 g/mol. The molecule has 6 heteroatoms. The minimum absolute atomic E-state index is 0.00676. The van der Waals surface area contributed by atoms with Crippen molar-refractivity contribution in [1.82, 2.24) is 10.2 Å². The summed E-state index contributed by atoms with van der Waals surface area (Å²) in [6.07, 6.45) is 6.36. The van der Waals surface area contributed by atoms with Gasteiger partial charge in [-0.3, -0.25) is 9.59 Å². The van der Waals surface area contributed by atoms with Gasteiger partial charge in [-0.15, -0.1) is 11.8 Å². The molecule has 2 amide bonds. The molecular formula is C32H37ClN2O2S. The number of halogens is 1. The molecule has 4 rings (SSSR count). The molecule has 0 radical (unpaired) electrons. The van der Waals surface area contributed by atoms with E-state index in [9.17, 15) is 9.59 Å². The smallest absolute Gasteiger partial charge is 0.243 e. The largest absolute Gasteiger partial charge is 0.352 e. The van der Waals surface area contributed by atoms with Crippen LogP contribution in [0.1, 0.15) is 55.2 Å². The molecule has 1 saturated carbocycles. The first-order chi connectivity index (χ1) is 18.5. The number of hydrogen-bond acceptors (Lipinski definition) is 3. The highest BCUT2D eigenvalue weighted by atomic mass is 35.5. The van der Waals surface area contributed by atoms with Gasteiger partial charge in [0.15, 0.2) is 0 Å². The SMILES string of the molecule is Cc1cccc(CN(C(=O)CCSc2ccc(Cl)cc2)C(Cc2ccccc2)C(=O)NC2CCCCC2)c1. The van der Waals surface area contributed by atoms with Crippen LogP contribution in [0.4, 0.5) is 0 Å². The fourth-order valence-electron chi connectivity index (χ4n) is 5.04. The highest BCUT2D eigenvalue weighted by Crippen LogP contribution is 2.23. The lowest BCUT2D eigenvalue weighted by Gasteiger charge is -2.33. The maximum Gasteiger partial charge on any atom is 0.243 e. The van der Waals surface area contributed by atoms with E-state index in [1.165, 1.54) is 6.42 Å². The molecule has 3 aromatic rings. The molecule has 1 aliphatic carbocycles. The van der Waals surface area contributed by atoms with Crippen molar-refractivity contribution in [2.75, 3.05) is 5.75 Å². The topological polar surface area (TPSA) is 49.4 Å². The van der Waals surface area contributed by atoms with Gasteiger partial charge in [0.1, 0.15) is 6.04 Å². The Morgan fingerprint density at radius 2 is 1.66 bits per heavy atom. The normalized spacial score (nSPS) is 14.6. The number of carbonyl (C=O) groups excluding carboxylic acids is 2. The van der Waals surface area contributed by atoms with E-state index in [0.29, 0.717) is 30.2 Å². The molecule has 1 aliphatic rings. The maximum absolute atomic E-state index is 13.8. The van der Waals surface area contributed by atoms with Crippen LogP contribution in [-0.4, -0.2) is 34.6 Å². The van der Waals surface area contributed by atoms with Gasteiger partial charge in [-0.1, -0.05) is 91.0 Å². The van der Waals surface area contributed by atoms with Gasteiger partial charge in [0, 0.05) is 41.1 Å². The summed E-state index contributed by atoms with van der Waals surface area (Å²) in [6.45, 7) is 2.46. The first kappa shape index (κ1) is 28.3. The Hall–Kier alpha value is -2.76. The van der Waals surface area contributed by atoms with E-state index in [2.05, 4.69) is 24.4 Å². The summed E-state index contributed by atoms with van der Waals surface area (Å²) in [5.74, 6) is 0.576. The number of rotatable bonds is 11. The van der Waals surface area contributed by atoms with Gasteiger partial charge < -0.3 is 10.2 Å². The molecule has 3 aromatic carbocycles. The summed E-state index contributed by atoms with van der Waals surface area (Å²) >= 11 is 7.65. The van der Waals surface area contributed by atoms with Crippen molar-refractivity contribution in [2.24, 2.45) is 0 Å². The van der Waals surface area contributed by atoms with Crippen molar-refractivity contribution in [1.29, 1.82) is 0 Å². The summed E-state index contributed by atoms with van der Waals surface area (Å²) < 4.78 is 0. The van der Waals surface area contributed by atoms with E-state index >= 15 is 0 Å². The van der Waals surface area contributed by atoms with Crippen molar-refractivity contribution in [3.05, 3.63) is 101 Å². The van der Waals surface area contributed by atoms with Gasteiger partial charge in [0.25, 0.3) is 0 Å². The van der Waals surface area contributed by atoms with Crippen LogP contribution >= 0.6 is 23.4 Å². The Morgan fingerprint density at radius 1 is 0.947 bits per heavy atom. The number of nitrogens with one attached hydrogen (secondary N) is 1. The average Bonchev–Trinajstić information content (AvgIpc) is 2.93. The summed E-state index contributed by atoms with van der Waals surface area (Å²) in [7, 11) is 0. The first-order valence-electron chi connectivity index (χ1n) is 13.6. The zero-order valence-electron chi connectivity index (χ0n) is 22.1. The first-order valence-corrected chi connectivity index (χ1v) is 14.9. The van der Waals surface area contributed by atoms with Crippen LogP contribution in [0, 0.1) is 6.92 Å². The maximum atomic E-state index is 13.8. The molecule has 38 heavy (non-hydrogen) atoms. The summed E-state index contributed by atoms with van der Waals surface area (Å²) in [5.41, 5.74) is 3.22. The molecule has 0 aromatic heterocycles. The molecule has 0 aliphatic heterocycles. The van der Waals surface area contributed by atoms with Gasteiger partial charge in [0.2, 0.25) is 11.8 Å². The highest BCUT2D eigenvalue weighted by Gasteiger charge is 2.31. The van der Waals surface area contributed by atoms with Gasteiger partial charge in [-0.2, -0.15) is 0 Å². The molecule has 4 nitrogen and oxygen atoms in total. The molecule has 1 N–H and O–H groups in total. The van der Waals surface area contributed by atoms with E-state index in [1.54, 1.807) is 11.8 Å². The van der Waals surface area contributed by atoms with Gasteiger partial charge >= 0.3 is 0 Å². The fourth-order valence-corrected chi connectivity index (χ4v) is 6.00. The predicted molar refractivity (Wildman–Crippen MR) is 157 cm³/mol. The molecule has 1 fully saturated rings. The van der Waals surface area contributed by atoms with Crippen molar-refractivity contribution < 1.29 is 9.59 Å². The number of amides is 2. The number of nitrogens with zero attached hydrogens (tertiary/aromatic N) is 1. The van der Waals surface area contributed by atoms with Gasteiger partial charge in [-0.25, -0.2) is 0 Å². The molecule has 0 saturated heterocycles. The third-order valence-corrected chi connectivity index (χ3v) is 8.32. The minimum atomic E-state index is -0.576. The van der Waals surface area contributed by atoms with Crippen LogP contribution in [0.3, 0.4) is 0 Å². The number of hydrogen-bond donors (Lipinski definition) is 1. The minimum Gasteiger partial charge on any atom is -0.352 e. The second-order valence-corrected chi connectivity index (χ2v) is 11.7. The second-order valence-electron chi connectivity index (χ2n) is 10.1. The van der Waals surface area contributed by atoms with Crippen molar-refractivity contribution >= 4 is 35.2 Å². The highest BCUT2D eigenvalue weighted by molar-refractivity contribution is 7.99. The van der Waals surface area contributed by atoms with Crippen LogP contribution in [0.5, 0.6) is 0 Å². The number of benzene rings is 3. The van der Waals surface area contributed by atoms with Crippen LogP contribution in [0.25, 0.3) is 0 Å². The van der Waals surface area contributed by atoms with E-state index in [4.69, 9.17) is 11.6 Å². The van der Waals surface area contributed by atoms with Crippen molar-refractivity contribution in [2.45, 2.75) is 75.4 Å². The van der Waals surface area contributed by atoms with E-state index in [-0.39, 0.29) is 17.9 Å². The lowest BCUT2D eigenvalue weighted by molar-refractivity contribution is -0.141. The zero-order valence-corrected chi connectivity index (χ0v) is 23.6. The van der Waals surface area contributed by atoms with Crippen molar-refractivity contribution in [3.8, 4) is 0 Å². The summed E-state index contributed by atoms with van der Waals surface area (Å²) in [5, 5.41) is 4.01. The third kappa shape index (κ3) is 8.64. The number of aryl methyl sites for hydroxylation is 1. The monoisotopic (exact) mass is 548 g/mol. The summed E-state index contributed by atoms with van der Waals surface area (Å²) in [6, 6.07) is 25.5. The van der Waals surface area contributed by atoms with Crippen molar-refractivity contribution in [3.63, 3.8) is 0 Å². The third-order valence-electron chi connectivity index (χ3n) is 7.06. The van der Waals surface area contributed by atoms with Crippen LogP contribution in [0.2, 0.25) is 5.02 Å². The van der Waals surface area contributed by atoms with Crippen LogP contribution in [0.15, 0.2) is 83.8 Å².